The van der Waals surface area contributed by atoms with Crippen LogP contribution in [0.1, 0.15) is 32.6 Å². The Morgan fingerprint density at radius 3 is 2.90 bits per heavy atom. The number of fused-ring (bicyclic) bond motifs is 2. The lowest BCUT2D eigenvalue weighted by atomic mass is 9.95. The lowest BCUT2D eigenvalue weighted by molar-refractivity contribution is -0.384. The van der Waals surface area contributed by atoms with Crippen molar-refractivity contribution < 1.29 is 14.4 Å². The maximum atomic E-state index is 11.0. The predicted molar refractivity (Wildman–Crippen MR) is 78.8 cm³/mol. The summed E-state index contributed by atoms with van der Waals surface area (Å²) in [6, 6.07) is 5.10. The number of hydrogen-bond acceptors (Lipinski definition) is 5. The first-order valence-corrected chi connectivity index (χ1v) is 7.50. The summed E-state index contributed by atoms with van der Waals surface area (Å²) in [5.41, 5.74) is 0.784. The molecule has 2 aliphatic rings. The fourth-order valence-electron chi connectivity index (χ4n) is 3.08. The van der Waals surface area contributed by atoms with Crippen molar-refractivity contribution in [3.63, 3.8) is 0 Å². The minimum absolute atomic E-state index is 0.0511. The van der Waals surface area contributed by atoms with Crippen molar-refractivity contribution in [1.29, 1.82) is 0 Å². The average Bonchev–Trinajstić information content (AvgIpc) is 3.07. The third-order valence-electron chi connectivity index (χ3n) is 4.03. The van der Waals surface area contributed by atoms with E-state index < -0.39 is 0 Å². The van der Waals surface area contributed by atoms with Gasteiger partial charge in [0.25, 0.3) is 5.69 Å². The first-order valence-electron chi connectivity index (χ1n) is 7.50. The van der Waals surface area contributed by atoms with Gasteiger partial charge in [-0.1, -0.05) is 6.92 Å². The maximum Gasteiger partial charge on any atom is 0.275 e. The molecule has 1 aromatic rings. The lowest BCUT2D eigenvalue weighted by Crippen LogP contribution is -2.30. The average molecular weight is 292 g/mol. The summed E-state index contributed by atoms with van der Waals surface area (Å²) in [5, 5.41) is 14.4. The predicted octanol–water partition coefficient (Wildman–Crippen LogP) is 3.12. The number of nitro groups is 1. The minimum atomic E-state index is -0.388. The van der Waals surface area contributed by atoms with E-state index in [0.717, 1.165) is 31.4 Å². The van der Waals surface area contributed by atoms with Crippen LogP contribution in [0.25, 0.3) is 0 Å². The molecule has 1 N–H and O–H groups in total. The molecule has 2 fully saturated rings. The number of ether oxygens (including phenoxy) is 2. The lowest BCUT2D eigenvalue weighted by Gasteiger charge is -2.21. The van der Waals surface area contributed by atoms with Crippen LogP contribution < -0.4 is 10.1 Å². The summed E-state index contributed by atoms with van der Waals surface area (Å²) in [4.78, 5) is 10.7. The summed E-state index contributed by atoms with van der Waals surface area (Å²) in [5.74, 6) is 0.539. The Labute approximate surface area is 123 Å². The number of nitrogens with zero attached hydrogens (tertiary/aromatic N) is 1. The maximum absolute atomic E-state index is 11.0. The Kier molecular flexibility index (Phi) is 3.96. The number of benzene rings is 1. The zero-order valence-corrected chi connectivity index (χ0v) is 12.1. The van der Waals surface area contributed by atoms with E-state index in [4.69, 9.17) is 9.47 Å². The molecule has 0 aromatic heterocycles. The summed E-state index contributed by atoms with van der Waals surface area (Å²) in [7, 11) is 0. The van der Waals surface area contributed by atoms with Crippen molar-refractivity contribution in [3.8, 4) is 5.75 Å². The van der Waals surface area contributed by atoms with Gasteiger partial charge < -0.3 is 14.8 Å². The highest BCUT2D eigenvalue weighted by molar-refractivity contribution is 5.57. The Bertz CT molecular complexity index is 534. The molecule has 0 spiro atoms. The minimum Gasteiger partial charge on any atom is -0.493 e. The van der Waals surface area contributed by atoms with Gasteiger partial charge in [0.15, 0.2) is 0 Å². The second-order valence-electron chi connectivity index (χ2n) is 5.68. The highest BCUT2D eigenvalue weighted by atomic mass is 16.6. The molecule has 6 heteroatoms. The van der Waals surface area contributed by atoms with Crippen LogP contribution in [-0.4, -0.2) is 29.8 Å². The molecule has 6 nitrogen and oxygen atoms in total. The van der Waals surface area contributed by atoms with Crippen molar-refractivity contribution in [2.45, 2.75) is 50.9 Å². The molecular weight excluding hydrogens is 272 g/mol. The van der Waals surface area contributed by atoms with Gasteiger partial charge in [-0.15, -0.1) is 0 Å². The molecule has 21 heavy (non-hydrogen) atoms. The molecule has 0 amide bonds. The molecule has 2 aliphatic heterocycles. The van der Waals surface area contributed by atoms with Gasteiger partial charge in [0.1, 0.15) is 5.75 Å². The van der Waals surface area contributed by atoms with E-state index in [2.05, 4.69) is 5.32 Å². The van der Waals surface area contributed by atoms with Gasteiger partial charge in [0.2, 0.25) is 0 Å². The van der Waals surface area contributed by atoms with Crippen LogP contribution in [0.2, 0.25) is 0 Å². The normalized spacial score (nSPS) is 26.8. The number of non-ortho nitro benzene ring substituents is 1. The molecule has 3 atom stereocenters. The van der Waals surface area contributed by atoms with Crippen LogP contribution in [0, 0.1) is 10.1 Å². The Morgan fingerprint density at radius 2 is 2.29 bits per heavy atom. The molecule has 0 aliphatic carbocycles. The zero-order valence-electron chi connectivity index (χ0n) is 12.1. The van der Waals surface area contributed by atoms with Crippen LogP contribution in [0.5, 0.6) is 5.75 Å². The SMILES string of the molecule is CCCOc1cc(NC2CC3CCC2O3)cc([N+](=O)[O-])c1. The standard InChI is InChI=1S/C15H20N2O4/c1-2-5-20-13-7-10(6-11(8-13)17(18)19)16-14-9-12-3-4-15(14)21-12/h6-8,12,14-16H,2-5,9H2,1H3. The second kappa shape index (κ2) is 5.89. The van der Waals surface area contributed by atoms with Crippen LogP contribution in [-0.2, 0) is 4.74 Å². The first kappa shape index (κ1) is 14.1. The van der Waals surface area contributed by atoms with E-state index in [-0.39, 0.29) is 22.8 Å². The van der Waals surface area contributed by atoms with Crippen LogP contribution in [0.15, 0.2) is 18.2 Å². The summed E-state index contributed by atoms with van der Waals surface area (Å²) in [6.07, 6.45) is 4.61. The topological polar surface area (TPSA) is 73.6 Å². The fourth-order valence-corrected chi connectivity index (χ4v) is 3.08. The highest BCUT2D eigenvalue weighted by Gasteiger charge is 2.40. The summed E-state index contributed by atoms with van der Waals surface area (Å²) in [6.45, 7) is 2.56. The van der Waals surface area contributed by atoms with Gasteiger partial charge >= 0.3 is 0 Å². The number of nitrogens with one attached hydrogen (secondary N) is 1. The zero-order chi connectivity index (χ0) is 14.8. The molecule has 0 radical (unpaired) electrons. The molecule has 0 saturated carbocycles. The van der Waals surface area contributed by atoms with E-state index in [9.17, 15) is 10.1 Å². The van der Waals surface area contributed by atoms with Gasteiger partial charge in [-0.3, -0.25) is 10.1 Å². The molecular formula is C15H20N2O4. The third kappa shape index (κ3) is 3.10. The molecule has 3 unspecified atom stereocenters. The highest BCUT2D eigenvalue weighted by Crippen LogP contribution is 2.37. The molecule has 2 bridgehead atoms. The smallest absolute Gasteiger partial charge is 0.275 e. The van der Waals surface area contributed by atoms with Gasteiger partial charge in [-0.05, 0) is 25.7 Å². The molecule has 2 heterocycles. The largest absolute Gasteiger partial charge is 0.493 e. The molecule has 114 valence electrons. The van der Waals surface area contributed by atoms with Gasteiger partial charge in [-0.2, -0.15) is 0 Å². The first-order chi connectivity index (χ1) is 10.2. The Balaban J connectivity index is 1.76. The third-order valence-corrected chi connectivity index (χ3v) is 4.03. The summed E-state index contributed by atoms with van der Waals surface area (Å²) >= 11 is 0. The van der Waals surface area contributed by atoms with Gasteiger partial charge in [-0.25, -0.2) is 0 Å². The van der Waals surface area contributed by atoms with E-state index in [1.165, 1.54) is 6.07 Å². The van der Waals surface area contributed by atoms with Crippen LogP contribution >= 0.6 is 0 Å². The van der Waals surface area contributed by atoms with Crippen LogP contribution in [0.4, 0.5) is 11.4 Å². The Morgan fingerprint density at radius 1 is 1.43 bits per heavy atom. The van der Waals surface area contributed by atoms with Crippen molar-refractivity contribution >= 4 is 11.4 Å². The van der Waals surface area contributed by atoms with Gasteiger partial charge in [0, 0.05) is 17.8 Å². The number of nitro benzene ring substituents is 1. The number of anilines is 1. The van der Waals surface area contributed by atoms with Gasteiger partial charge in [0.05, 0.1) is 35.8 Å². The quantitative estimate of drug-likeness (QED) is 0.644. The van der Waals surface area contributed by atoms with E-state index in [1.54, 1.807) is 6.07 Å². The van der Waals surface area contributed by atoms with Crippen molar-refractivity contribution in [3.05, 3.63) is 28.3 Å². The van der Waals surface area contributed by atoms with E-state index >= 15 is 0 Å². The number of rotatable bonds is 6. The van der Waals surface area contributed by atoms with Crippen LogP contribution in [0.3, 0.4) is 0 Å². The van der Waals surface area contributed by atoms with Crippen molar-refractivity contribution in [2.24, 2.45) is 0 Å². The van der Waals surface area contributed by atoms with Crippen molar-refractivity contribution in [1.82, 2.24) is 0 Å². The fraction of sp³-hybridized carbons (Fsp3) is 0.600. The summed E-state index contributed by atoms with van der Waals surface area (Å²) < 4.78 is 11.3. The van der Waals surface area contributed by atoms with Crippen molar-refractivity contribution in [2.75, 3.05) is 11.9 Å². The van der Waals surface area contributed by atoms with E-state index in [0.29, 0.717) is 18.5 Å². The van der Waals surface area contributed by atoms with E-state index in [1.807, 2.05) is 13.0 Å². The molecule has 3 rings (SSSR count). The molecule has 2 saturated heterocycles. The molecule has 1 aromatic carbocycles. The second-order valence-corrected chi connectivity index (χ2v) is 5.68. The number of hydrogen-bond donors (Lipinski definition) is 1. The monoisotopic (exact) mass is 292 g/mol. The Hall–Kier alpha value is -1.82.